The quantitative estimate of drug-likeness (QED) is 0.717. The summed E-state index contributed by atoms with van der Waals surface area (Å²) >= 11 is 0. The van der Waals surface area contributed by atoms with Crippen molar-refractivity contribution < 1.29 is 13.7 Å². The van der Waals surface area contributed by atoms with Gasteiger partial charge in [0.1, 0.15) is 0 Å². The number of carbonyl (C=O) groups is 1. The van der Waals surface area contributed by atoms with Gasteiger partial charge in [0.2, 0.25) is 5.76 Å². The minimum atomic E-state index is -0.375. The highest BCUT2D eigenvalue weighted by atomic mass is 16.5. The minimum Gasteiger partial charge on any atom is -0.461 e. The van der Waals surface area contributed by atoms with E-state index < -0.39 is 0 Å². The molecule has 0 unspecified atom stereocenters. The third-order valence-electron chi connectivity index (χ3n) is 4.82. The first-order valence-electron chi connectivity index (χ1n) is 9.06. The SMILES string of the molecule is O=C(NCCn1cnc(C2CCCC2)cc1=O)c1cc(-c2ccco2)on1. The van der Waals surface area contributed by atoms with Crippen LogP contribution in [0.25, 0.3) is 11.5 Å². The molecule has 8 nitrogen and oxygen atoms in total. The molecule has 0 aromatic carbocycles. The molecule has 140 valence electrons. The van der Waals surface area contributed by atoms with E-state index in [9.17, 15) is 9.59 Å². The van der Waals surface area contributed by atoms with E-state index in [1.807, 2.05) is 0 Å². The highest BCUT2D eigenvalue weighted by Gasteiger charge is 2.19. The van der Waals surface area contributed by atoms with Crippen molar-refractivity contribution in [3.63, 3.8) is 0 Å². The van der Waals surface area contributed by atoms with E-state index in [0.29, 0.717) is 24.0 Å². The number of nitrogens with one attached hydrogen (secondary N) is 1. The van der Waals surface area contributed by atoms with Crippen molar-refractivity contribution in [2.75, 3.05) is 6.54 Å². The molecule has 8 heteroatoms. The highest BCUT2D eigenvalue weighted by Crippen LogP contribution is 2.32. The summed E-state index contributed by atoms with van der Waals surface area (Å²) in [5.41, 5.74) is 0.942. The maximum absolute atomic E-state index is 12.2. The van der Waals surface area contributed by atoms with Gasteiger partial charge in [-0.1, -0.05) is 18.0 Å². The second-order valence-corrected chi connectivity index (χ2v) is 6.64. The number of rotatable bonds is 6. The van der Waals surface area contributed by atoms with Gasteiger partial charge in [0.15, 0.2) is 11.5 Å². The summed E-state index contributed by atoms with van der Waals surface area (Å²) in [7, 11) is 0. The van der Waals surface area contributed by atoms with E-state index in [4.69, 9.17) is 8.94 Å². The van der Waals surface area contributed by atoms with Crippen molar-refractivity contribution in [3.8, 4) is 11.5 Å². The molecule has 4 rings (SSSR count). The van der Waals surface area contributed by atoms with Gasteiger partial charge >= 0.3 is 0 Å². The number of furan rings is 1. The molecular weight excluding hydrogens is 348 g/mol. The zero-order chi connectivity index (χ0) is 18.6. The monoisotopic (exact) mass is 368 g/mol. The van der Waals surface area contributed by atoms with Crippen molar-refractivity contribution in [2.24, 2.45) is 0 Å². The fourth-order valence-corrected chi connectivity index (χ4v) is 3.35. The second kappa shape index (κ2) is 7.61. The normalized spacial score (nSPS) is 14.5. The lowest BCUT2D eigenvalue weighted by Gasteiger charge is -2.10. The molecule has 3 aromatic rings. The van der Waals surface area contributed by atoms with Gasteiger partial charge in [0.05, 0.1) is 18.3 Å². The van der Waals surface area contributed by atoms with Gasteiger partial charge in [-0.15, -0.1) is 0 Å². The summed E-state index contributed by atoms with van der Waals surface area (Å²) < 4.78 is 11.8. The summed E-state index contributed by atoms with van der Waals surface area (Å²) in [5.74, 6) is 0.914. The van der Waals surface area contributed by atoms with Crippen LogP contribution in [0.15, 0.2) is 50.6 Å². The smallest absolute Gasteiger partial charge is 0.273 e. The molecule has 1 amide bonds. The minimum absolute atomic E-state index is 0.0947. The van der Waals surface area contributed by atoms with Gasteiger partial charge in [-0.05, 0) is 25.0 Å². The Hall–Kier alpha value is -3.16. The molecule has 0 radical (unpaired) electrons. The van der Waals surface area contributed by atoms with Crippen LogP contribution in [-0.4, -0.2) is 27.2 Å². The Bertz CT molecular complexity index is 968. The molecule has 3 heterocycles. The fraction of sp³-hybridized carbons (Fsp3) is 0.368. The molecule has 0 saturated heterocycles. The van der Waals surface area contributed by atoms with Crippen molar-refractivity contribution >= 4 is 5.91 Å². The van der Waals surface area contributed by atoms with Crippen LogP contribution in [0.1, 0.15) is 47.8 Å². The van der Waals surface area contributed by atoms with Crippen molar-refractivity contribution in [1.29, 1.82) is 0 Å². The number of hydrogen-bond acceptors (Lipinski definition) is 6. The molecule has 0 atom stereocenters. The maximum Gasteiger partial charge on any atom is 0.273 e. The van der Waals surface area contributed by atoms with Crippen molar-refractivity contribution in [2.45, 2.75) is 38.1 Å². The average molecular weight is 368 g/mol. The summed E-state index contributed by atoms with van der Waals surface area (Å²) in [6.45, 7) is 0.623. The van der Waals surface area contributed by atoms with Crippen LogP contribution in [0.2, 0.25) is 0 Å². The molecule has 1 fully saturated rings. The summed E-state index contributed by atoms with van der Waals surface area (Å²) in [4.78, 5) is 28.8. The lowest BCUT2D eigenvalue weighted by Crippen LogP contribution is -2.31. The van der Waals surface area contributed by atoms with E-state index in [2.05, 4.69) is 15.5 Å². The molecule has 27 heavy (non-hydrogen) atoms. The molecular formula is C19H20N4O4. The van der Waals surface area contributed by atoms with Crippen LogP contribution in [0.5, 0.6) is 0 Å². The Labute approximate surface area is 155 Å². The Morgan fingerprint density at radius 1 is 1.26 bits per heavy atom. The van der Waals surface area contributed by atoms with E-state index in [1.54, 1.807) is 24.5 Å². The fourth-order valence-electron chi connectivity index (χ4n) is 3.35. The van der Waals surface area contributed by atoms with Gasteiger partial charge in [-0.25, -0.2) is 4.98 Å². The van der Waals surface area contributed by atoms with Gasteiger partial charge in [0.25, 0.3) is 11.5 Å². The predicted octanol–water partition coefficient (Wildman–Crippen LogP) is 2.58. The van der Waals surface area contributed by atoms with Gasteiger partial charge < -0.3 is 14.3 Å². The molecule has 0 aliphatic heterocycles. The van der Waals surface area contributed by atoms with Gasteiger partial charge in [-0.3, -0.25) is 14.2 Å². The number of hydrogen-bond donors (Lipinski definition) is 1. The van der Waals surface area contributed by atoms with Crippen LogP contribution in [0.3, 0.4) is 0 Å². The molecule has 0 bridgehead atoms. The maximum atomic E-state index is 12.2. The number of nitrogens with zero attached hydrogens (tertiary/aromatic N) is 3. The first-order valence-corrected chi connectivity index (χ1v) is 9.06. The largest absolute Gasteiger partial charge is 0.461 e. The Morgan fingerprint density at radius 3 is 2.85 bits per heavy atom. The lowest BCUT2D eigenvalue weighted by atomic mass is 10.0. The zero-order valence-electron chi connectivity index (χ0n) is 14.8. The standard InChI is InChI=1S/C19H20N4O4/c24-18-11-14(13-4-1-2-5-13)21-12-23(18)8-7-20-19(25)15-10-17(27-22-15)16-6-3-9-26-16/h3,6,9-13H,1-2,4-5,7-8H2,(H,20,25). The third kappa shape index (κ3) is 3.84. The number of carbonyl (C=O) groups excluding carboxylic acids is 1. The summed E-state index contributed by atoms with van der Waals surface area (Å²) in [6, 6.07) is 6.57. The topological polar surface area (TPSA) is 103 Å². The van der Waals surface area contributed by atoms with Gasteiger partial charge in [-0.2, -0.15) is 0 Å². The first kappa shape index (κ1) is 17.3. The van der Waals surface area contributed by atoms with E-state index in [0.717, 1.165) is 18.5 Å². The zero-order valence-corrected chi connectivity index (χ0v) is 14.8. The summed E-state index contributed by atoms with van der Waals surface area (Å²) in [5, 5.41) is 6.47. The molecule has 1 saturated carbocycles. The third-order valence-corrected chi connectivity index (χ3v) is 4.82. The second-order valence-electron chi connectivity index (χ2n) is 6.64. The summed E-state index contributed by atoms with van der Waals surface area (Å²) in [6.07, 6.45) is 7.68. The Balaban J connectivity index is 1.33. The van der Waals surface area contributed by atoms with Crippen LogP contribution in [0.4, 0.5) is 0 Å². The van der Waals surface area contributed by atoms with Crippen LogP contribution >= 0.6 is 0 Å². The molecule has 1 aliphatic carbocycles. The van der Waals surface area contributed by atoms with Crippen LogP contribution in [-0.2, 0) is 6.54 Å². The average Bonchev–Trinajstić information content (AvgIpc) is 3.43. The van der Waals surface area contributed by atoms with E-state index in [-0.39, 0.29) is 23.7 Å². The molecule has 1 aliphatic rings. The van der Waals surface area contributed by atoms with Gasteiger partial charge in [0, 0.05) is 31.1 Å². The van der Waals surface area contributed by atoms with Crippen LogP contribution in [0, 0.1) is 0 Å². The van der Waals surface area contributed by atoms with Crippen LogP contribution < -0.4 is 10.9 Å². The van der Waals surface area contributed by atoms with E-state index >= 15 is 0 Å². The predicted molar refractivity (Wildman–Crippen MR) is 96.2 cm³/mol. The first-order chi connectivity index (χ1) is 13.2. The number of amides is 1. The Morgan fingerprint density at radius 2 is 2.11 bits per heavy atom. The highest BCUT2D eigenvalue weighted by molar-refractivity contribution is 5.92. The van der Waals surface area contributed by atoms with Crippen molar-refractivity contribution in [3.05, 3.63) is 58.6 Å². The molecule has 0 spiro atoms. The van der Waals surface area contributed by atoms with Crippen molar-refractivity contribution in [1.82, 2.24) is 20.0 Å². The lowest BCUT2D eigenvalue weighted by molar-refractivity contribution is 0.0943. The van der Waals surface area contributed by atoms with E-state index in [1.165, 1.54) is 29.7 Å². The Kier molecular flexibility index (Phi) is 4.86. The molecule has 3 aromatic heterocycles. The number of aromatic nitrogens is 3. The molecule has 1 N–H and O–H groups in total.